The van der Waals surface area contributed by atoms with E-state index in [9.17, 15) is 10.1 Å². The molecule has 0 spiro atoms. The summed E-state index contributed by atoms with van der Waals surface area (Å²) < 4.78 is 0. The van der Waals surface area contributed by atoms with Gasteiger partial charge < -0.3 is 4.84 Å². The highest BCUT2D eigenvalue weighted by Gasteiger charge is 2.41. The van der Waals surface area contributed by atoms with Crippen LogP contribution < -0.4 is 0 Å². The summed E-state index contributed by atoms with van der Waals surface area (Å²) in [6.45, 7) is 9.18. The second kappa shape index (κ2) is 45.3. The molecular formula is C52H105NO3. The Morgan fingerprint density at radius 3 is 0.750 bits per heavy atom. The maximum atomic E-state index is 12.4. The van der Waals surface area contributed by atoms with Crippen molar-refractivity contribution in [3.8, 4) is 0 Å². The van der Waals surface area contributed by atoms with Crippen molar-refractivity contribution in [1.82, 2.24) is 0 Å². The molecule has 0 radical (unpaired) electrons. The van der Waals surface area contributed by atoms with Crippen LogP contribution >= 0.6 is 0 Å². The summed E-state index contributed by atoms with van der Waals surface area (Å²) in [5.41, 5.74) is -0.596. The average molecular weight is 792 g/mol. The molecule has 0 aromatic heterocycles. The lowest BCUT2D eigenvalue weighted by atomic mass is 9.74. The summed E-state index contributed by atoms with van der Waals surface area (Å²) in [5, 5.41) is 12.0. The first-order chi connectivity index (χ1) is 27.6. The van der Waals surface area contributed by atoms with Crippen LogP contribution in [0.1, 0.15) is 323 Å². The van der Waals surface area contributed by atoms with Crippen molar-refractivity contribution < 1.29 is 9.92 Å². The summed E-state index contributed by atoms with van der Waals surface area (Å²) in [5.74, 6) is 0.308. The maximum absolute atomic E-state index is 12.4. The number of hydrogen-bond donors (Lipinski definition) is 0. The van der Waals surface area contributed by atoms with Crippen molar-refractivity contribution in [2.24, 2.45) is 5.92 Å². The van der Waals surface area contributed by atoms with Gasteiger partial charge in [0.25, 0.3) is 5.09 Å². The molecule has 4 heteroatoms. The first-order valence-corrected chi connectivity index (χ1v) is 26.4. The SMILES string of the molecule is CCCCCCCCCCCCCCC(CCCCCCCCCCCC)C(CCCCCCCCCCCC)(CCCCCCCCCCCC)O[N+](=O)[O-]. The minimum Gasteiger partial charge on any atom is -0.307 e. The molecule has 4 nitrogen and oxygen atoms in total. The smallest absolute Gasteiger partial charge is 0.295 e. The van der Waals surface area contributed by atoms with E-state index < -0.39 is 5.60 Å². The molecule has 0 aliphatic rings. The minimum atomic E-state index is -0.596. The monoisotopic (exact) mass is 792 g/mol. The molecule has 336 valence electrons. The molecule has 56 heavy (non-hydrogen) atoms. The molecule has 0 saturated heterocycles. The van der Waals surface area contributed by atoms with Crippen LogP contribution in [0.25, 0.3) is 0 Å². The molecule has 0 aromatic carbocycles. The third-order valence-electron chi connectivity index (χ3n) is 13.2. The van der Waals surface area contributed by atoms with Crippen LogP contribution in [0.4, 0.5) is 0 Å². The highest BCUT2D eigenvalue weighted by Crippen LogP contribution is 2.40. The van der Waals surface area contributed by atoms with Gasteiger partial charge in [0.05, 0.1) is 0 Å². The molecule has 0 aliphatic carbocycles. The number of hydrogen-bond acceptors (Lipinski definition) is 3. The van der Waals surface area contributed by atoms with E-state index in [0.717, 1.165) is 38.5 Å². The number of rotatable bonds is 49. The number of unbranched alkanes of at least 4 members (excludes halogenated alkanes) is 38. The van der Waals surface area contributed by atoms with E-state index in [2.05, 4.69) is 27.7 Å². The fourth-order valence-electron chi connectivity index (χ4n) is 9.45. The lowest BCUT2D eigenvalue weighted by Crippen LogP contribution is -2.43. The molecule has 1 atom stereocenters. The molecule has 0 rings (SSSR count). The summed E-state index contributed by atoms with van der Waals surface area (Å²) in [6.07, 6.45) is 59.7. The molecule has 0 bridgehead atoms. The van der Waals surface area contributed by atoms with Crippen molar-refractivity contribution in [2.75, 3.05) is 0 Å². The zero-order chi connectivity index (χ0) is 40.9. The second-order valence-corrected chi connectivity index (χ2v) is 18.6. The predicted octanol–water partition coefficient (Wildman–Crippen LogP) is 19.6. The molecule has 0 saturated carbocycles. The fraction of sp³-hybridized carbons (Fsp3) is 1.00. The molecular weight excluding hydrogens is 687 g/mol. The third-order valence-corrected chi connectivity index (χ3v) is 13.2. The summed E-state index contributed by atoms with van der Waals surface area (Å²) in [7, 11) is 0. The Labute approximate surface area is 353 Å². The Hall–Kier alpha value is -0.800. The van der Waals surface area contributed by atoms with Crippen molar-refractivity contribution in [1.29, 1.82) is 0 Å². The van der Waals surface area contributed by atoms with Gasteiger partial charge in [-0.25, -0.2) is 0 Å². The standard InChI is InChI=1S/C52H105NO3/c1-5-9-13-17-21-25-29-30-32-36-40-44-48-51(47-43-39-35-31-26-22-18-14-10-6-2)52(56-53(54)55,49-45-41-37-33-27-23-19-15-11-7-3)50-46-42-38-34-28-24-20-16-12-8-4/h51H,5-50H2,1-4H3. The second-order valence-electron chi connectivity index (χ2n) is 18.6. The van der Waals surface area contributed by atoms with Gasteiger partial charge in [-0.15, -0.1) is 10.1 Å². The Morgan fingerprint density at radius 2 is 0.536 bits per heavy atom. The van der Waals surface area contributed by atoms with Crippen molar-refractivity contribution in [2.45, 2.75) is 329 Å². The molecule has 1 unspecified atom stereocenters. The Morgan fingerprint density at radius 1 is 0.339 bits per heavy atom. The Kier molecular flexibility index (Phi) is 44.6. The van der Waals surface area contributed by atoms with Crippen molar-refractivity contribution in [3.05, 3.63) is 10.1 Å². The minimum absolute atomic E-state index is 0.308. The summed E-state index contributed by atoms with van der Waals surface area (Å²) in [6, 6.07) is 0. The van der Waals surface area contributed by atoms with E-state index >= 15 is 0 Å². The van der Waals surface area contributed by atoms with E-state index in [1.165, 1.54) is 257 Å². The molecule has 0 amide bonds. The van der Waals surface area contributed by atoms with Gasteiger partial charge >= 0.3 is 0 Å². The van der Waals surface area contributed by atoms with Crippen molar-refractivity contribution in [3.63, 3.8) is 0 Å². The lowest BCUT2D eigenvalue weighted by Gasteiger charge is -2.40. The molecule has 0 aliphatic heterocycles. The van der Waals surface area contributed by atoms with Gasteiger partial charge in [-0.1, -0.05) is 297 Å². The lowest BCUT2D eigenvalue weighted by molar-refractivity contribution is -0.785. The van der Waals surface area contributed by atoms with Gasteiger partial charge in [-0.05, 0) is 31.6 Å². The van der Waals surface area contributed by atoms with Crippen LogP contribution in [0.2, 0.25) is 0 Å². The van der Waals surface area contributed by atoms with Crippen LogP contribution in [-0.2, 0) is 4.84 Å². The van der Waals surface area contributed by atoms with Crippen LogP contribution in [-0.4, -0.2) is 10.7 Å². The molecule has 0 fully saturated rings. The first kappa shape index (κ1) is 55.2. The van der Waals surface area contributed by atoms with E-state index in [1.54, 1.807) is 0 Å². The molecule has 0 heterocycles. The van der Waals surface area contributed by atoms with E-state index in [-0.39, 0.29) is 5.09 Å². The zero-order valence-electron chi connectivity index (χ0n) is 39.3. The molecule has 0 aromatic rings. The van der Waals surface area contributed by atoms with Gasteiger partial charge in [0.15, 0.2) is 0 Å². The summed E-state index contributed by atoms with van der Waals surface area (Å²) >= 11 is 0. The maximum Gasteiger partial charge on any atom is 0.295 e. The Bertz CT molecular complexity index is 732. The van der Waals surface area contributed by atoms with E-state index in [4.69, 9.17) is 4.84 Å². The van der Waals surface area contributed by atoms with E-state index in [0.29, 0.717) is 5.92 Å². The fourth-order valence-corrected chi connectivity index (χ4v) is 9.45. The van der Waals surface area contributed by atoms with Gasteiger partial charge in [-0.2, -0.15) is 0 Å². The zero-order valence-corrected chi connectivity index (χ0v) is 39.3. The quantitative estimate of drug-likeness (QED) is 0.0350. The van der Waals surface area contributed by atoms with Crippen molar-refractivity contribution >= 4 is 0 Å². The topological polar surface area (TPSA) is 52.4 Å². The largest absolute Gasteiger partial charge is 0.307 e. The predicted molar refractivity (Wildman–Crippen MR) is 249 cm³/mol. The van der Waals surface area contributed by atoms with Gasteiger partial charge in [-0.3, -0.25) is 0 Å². The van der Waals surface area contributed by atoms with Crippen LogP contribution in [0, 0.1) is 16.0 Å². The first-order valence-electron chi connectivity index (χ1n) is 26.4. The van der Waals surface area contributed by atoms with Gasteiger partial charge in [0, 0.05) is 0 Å². The molecule has 0 N–H and O–H groups in total. The van der Waals surface area contributed by atoms with Crippen LogP contribution in [0.15, 0.2) is 0 Å². The summed E-state index contributed by atoms with van der Waals surface area (Å²) in [4.78, 5) is 18.5. The Balaban J connectivity index is 5.40. The van der Waals surface area contributed by atoms with Crippen LogP contribution in [0.5, 0.6) is 0 Å². The normalized spacial score (nSPS) is 12.4. The highest BCUT2D eigenvalue weighted by atomic mass is 17.0. The number of nitrogens with zero attached hydrogens (tertiary/aromatic N) is 1. The van der Waals surface area contributed by atoms with Gasteiger partial charge in [0.1, 0.15) is 5.60 Å². The highest BCUT2D eigenvalue weighted by molar-refractivity contribution is 4.88. The average Bonchev–Trinajstić information content (AvgIpc) is 3.19. The van der Waals surface area contributed by atoms with Gasteiger partial charge in [0.2, 0.25) is 0 Å². The van der Waals surface area contributed by atoms with E-state index in [1.807, 2.05) is 0 Å². The third kappa shape index (κ3) is 37.5. The van der Waals surface area contributed by atoms with Crippen LogP contribution in [0.3, 0.4) is 0 Å².